The molecule has 4 aromatic heterocycles. The smallest absolute Gasteiger partial charge is 0.475 e. The summed E-state index contributed by atoms with van der Waals surface area (Å²) in [4.78, 5) is 52.0. The molecule has 2 aliphatic rings. The second-order valence-electron chi connectivity index (χ2n) is 14.0. The largest absolute Gasteiger partial charge is 0.490 e. The highest BCUT2D eigenvalue weighted by atomic mass is 35.5. The van der Waals surface area contributed by atoms with Crippen molar-refractivity contribution >= 4 is 57.8 Å². The van der Waals surface area contributed by atoms with Crippen molar-refractivity contribution in [2.45, 2.75) is 57.8 Å². The van der Waals surface area contributed by atoms with E-state index in [9.17, 15) is 31.5 Å². The van der Waals surface area contributed by atoms with Gasteiger partial charge in [0.05, 0.1) is 35.4 Å². The van der Waals surface area contributed by atoms with E-state index in [4.69, 9.17) is 36.7 Å². The summed E-state index contributed by atoms with van der Waals surface area (Å²) >= 11 is 5.66. The average molecular weight is 919 g/mol. The number of nitrogens with zero attached hydrogens (tertiary/aromatic N) is 8. The molecule has 0 bridgehead atoms. The highest BCUT2D eigenvalue weighted by molar-refractivity contribution is 6.28. The van der Waals surface area contributed by atoms with E-state index >= 15 is 0 Å². The van der Waals surface area contributed by atoms with E-state index in [-0.39, 0.29) is 41.2 Å². The first-order valence-corrected chi connectivity index (χ1v) is 20.2. The number of ether oxygens (including phenoxy) is 2. The number of likely N-dealkylation sites (tertiary alicyclic amines) is 2. The third-order valence-electron chi connectivity index (χ3n) is 9.48. The number of piperidine rings is 2. The van der Waals surface area contributed by atoms with E-state index in [0.29, 0.717) is 71.4 Å². The number of halogens is 6. The zero-order valence-corrected chi connectivity index (χ0v) is 35.2. The van der Waals surface area contributed by atoms with Crippen LogP contribution in [0.25, 0.3) is 44.6 Å². The molecule has 2 amide bonds. The van der Waals surface area contributed by atoms with Gasteiger partial charge < -0.3 is 35.4 Å². The molecule has 6 N–H and O–H groups in total. The van der Waals surface area contributed by atoms with Crippen LogP contribution in [0.3, 0.4) is 0 Å². The maximum atomic E-state index is 13.5. The van der Waals surface area contributed by atoms with Crippen LogP contribution in [0.1, 0.15) is 39.5 Å². The minimum Gasteiger partial charge on any atom is -0.475 e. The maximum absolute atomic E-state index is 13.5. The number of aromatic amines is 2. The molecule has 342 valence electrons. The van der Waals surface area contributed by atoms with Gasteiger partial charge in [-0.3, -0.25) is 10.2 Å². The van der Waals surface area contributed by atoms with E-state index in [2.05, 4.69) is 45.6 Å². The summed E-state index contributed by atoms with van der Waals surface area (Å²) < 4.78 is 68.3. The number of hydrogen-bond acceptors (Lipinski definition) is 13. The number of aliphatic carboxylic acids is 1. The zero-order valence-electron chi connectivity index (χ0n) is 34.4. The molecular formula is C40H44ClF5N12O6. The number of carboxylic acid groups (broad SMARTS) is 1. The Hall–Kier alpha value is -6.75. The van der Waals surface area contributed by atoms with Gasteiger partial charge in [0.2, 0.25) is 11.2 Å². The molecule has 0 saturated carbocycles. The molecule has 64 heavy (non-hydrogen) atoms. The van der Waals surface area contributed by atoms with Gasteiger partial charge in [-0.05, 0) is 75.4 Å². The Balaban J connectivity index is 0.000000181. The Morgan fingerprint density at radius 1 is 0.797 bits per heavy atom. The Morgan fingerprint density at radius 3 is 1.70 bits per heavy atom. The summed E-state index contributed by atoms with van der Waals surface area (Å²) in [5.74, 6) is -2.89. The first-order valence-electron chi connectivity index (χ1n) is 19.8. The number of carbonyl (C=O) groups is 3. The number of fused-ring (bicyclic) bond motifs is 2. The Morgan fingerprint density at radius 2 is 1.25 bits per heavy atom. The van der Waals surface area contributed by atoms with Crippen LogP contribution < -0.4 is 11.1 Å². The molecule has 2 aliphatic heterocycles. The SMILES string of the molecule is CCOC(=O)N1CCC(N)CC1.CCOC(=O)N1CCC(Nc2ncc3c(-c4cccc(F)c4)[nH]nc3n2)CC1.Fc1cccc(-c2[nH]nc3nc(Cl)ncc23)c1.O=C(O)C(F)(F)F. The number of carbonyl (C=O) groups excluding carboxylic acids is 2. The maximum Gasteiger partial charge on any atom is 0.490 e. The fourth-order valence-corrected chi connectivity index (χ4v) is 6.41. The van der Waals surface area contributed by atoms with Crippen LogP contribution >= 0.6 is 11.6 Å². The number of H-pyrrole nitrogens is 2. The van der Waals surface area contributed by atoms with Gasteiger partial charge in [-0.15, -0.1) is 0 Å². The molecule has 18 nitrogen and oxygen atoms in total. The minimum absolute atomic E-state index is 0.134. The topological polar surface area (TPSA) is 243 Å². The fourth-order valence-electron chi connectivity index (χ4n) is 6.28. The molecule has 0 radical (unpaired) electrons. The summed E-state index contributed by atoms with van der Waals surface area (Å²) in [6.45, 7) is 7.17. The number of hydrogen-bond donors (Lipinski definition) is 5. The van der Waals surface area contributed by atoms with Crippen LogP contribution in [0.15, 0.2) is 60.9 Å². The van der Waals surface area contributed by atoms with Crippen molar-refractivity contribution in [3.63, 3.8) is 0 Å². The van der Waals surface area contributed by atoms with Gasteiger partial charge in [0.25, 0.3) is 0 Å². The number of aromatic nitrogens is 8. The van der Waals surface area contributed by atoms with Crippen LogP contribution in [-0.4, -0.2) is 131 Å². The van der Waals surface area contributed by atoms with E-state index < -0.39 is 12.1 Å². The Labute approximate surface area is 366 Å². The molecule has 0 atom stereocenters. The number of anilines is 1. The van der Waals surface area contributed by atoms with Crippen LogP contribution in [0.5, 0.6) is 0 Å². The summed E-state index contributed by atoms with van der Waals surface area (Å²) in [5.41, 5.74) is 9.42. The van der Waals surface area contributed by atoms with Crippen molar-refractivity contribution in [3.8, 4) is 22.5 Å². The van der Waals surface area contributed by atoms with Gasteiger partial charge in [-0.25, -0.2) is 33.1 Å². The molecule has 6 aromatic rings. The third kappa shape index (κ3) is 13.6. The van der Waals surface area contributed by atoms with E-state index in [1.54, 1.807) is 53.4 Å². The third-order valence-corrected chi connectivity index (χ3v) is 9.66. The Kier molecular flexibility index (Phi) is 17.0. The van der Waals surface area contributed by atoms with Gasteiger partial charge in [0, 0.05) is 61.8 Å². The number of alkyl halides is 3. The number of rotatable bonds is 6. The van der Waals surface area contributed by atoms with Gasteiger partial charge in [0.1, 0.15) is 11.6 Å². The predicted octanol–water partition coefficient (Wildman–Crippen LogP) is 7.20. The number of nitrogens with two attached hydrogens (primary N) is 1. The lowest BCUT2D eigenvalue weighted by molar-refractivity contribution is -0.192. The van der Waals surface area contributed by atoms with Crippen molar-refractivity contribution in [1.29, 1.82) is 0 Å². The lowest BCUT2D eigenvalue weighted by atomic mass is 10.1. The van der Waals surface area contributed by atoms with Crippen molar-refractivity contribution in [3.05, 3.63) is 77.8 Å². The lowest BCUT2D eigenvalue weighted by Gasteiger charge is -2.31. The van der Waals surface area contributed by atoms with Crippen LogP contribution in [-0.2, 0) is 14.3 Å². The molecule has 2 fully saturated rings. The van der Waals surface area contributed by atoms with E-state index in [1.807, 2.05) is 6.92 Å². The van der Waals surface area contributed by atoms with Crippen LogP contribution in [0.2, 0.25) is 5.28 Å². The van der Waals surface area contributed by atoms with E-state index in [1.165, 1.54) is 24.3 Å². The van der Waals surface area contributed by atoms with E-state index in [0.717, 1.165) is 44.2 Å². The highest BCUT2D eigenvalue weighted by Gasteiger charge is 2.38. The zero-order chi connectivity index (χ0) is 46.4. The summed E-state index contributed by atoms with van der Waals surface area (Å²) in [6.07, 6.45) is 1.04. The van der Waals surface area contributed by atoms with Gasteiger partial charge in [-0.2, -0.15) is 33.3 Å². The standard InChI is InChI=1S/C19H21FN6O2.C11H6ClFN4.C8H16N2O2.C2HF3O2/c1-2-28-19(27)26-8-6-14(7-9-26)22-18-21-11-15-16(24-25-17(15)23-18)12-4-3-5-13(20)10-12;12-11-14-5-8-9(16-17-10(8)15-11)6-2-1-3-7(13)4-6;1-2-12-8(11)10-5-3-7(9)4-6-10;3-2(4,5)1(6)7/h3-5,10-11,14H,2,6-9H2,1H3,(H2,21,22,23,24,25);1-5H,(H,14,15,16,17);7H,2-6,9H2,1H3;(H,6,7). The van der Waals surface area contributed by atoms with Crippen LogP contribution in [0.4, 0.5) is 37.5 Å². The molecular weight excluding hydrogens is 875 g/mol. The van der Waals surface area contributed by atoms with Crippen molar-refractivity contribution in [1.82, 2.24) is 50.1 Å². The number of amides is 2. The predicted molar refractivity (Wildman–Crippen MR) is 224 cm³/mol. The molecule has 24 heteroatoms. The highest BCUT2D eigenvalue weighted by Crippen LogP contribution is 2.27. The molecule has 0 unspecified atom stereocenters. The molecule has 8 rings (SSSR count). The monoisotopic (exact) mass is 918 g/mol. The van der Waals surface area contributed by atoms with Crippen molar-refractivity contribution in [2.75, 3.05) is 44.7 Å². The normalized spacial score (nSPS) is 14.3. The van der Waals surface area contributed by atoms with Crippen LogP contribution in [0, 0.1) is 11.6 Å². The van der Waals surface area contributed by atoms with Crippen molar-refractivity contribution in [2.24, 2.45) is 5.73 Å². The second-order valence-corrected chi connectivity index (χ2v) is 14.3. The first kappa shape index (κ1) is 48.3. The molecule has 2 saturated heterocycles. The van der Waals surface area contributed by atoms with Gasteiger partial charge >= 0.3 is 24.3 Å². The molecule has 6 heterocycles. The minimum atomic E-state index is -5.08. The average Bonchev–Trinajstić information content (AvgIpc) is 3.89. The van der Waals surface area contributed by atoms with Gasteiger partial charge in [-0.1, -0.05) is 24.3 Å². The fraction of sp³-hybridized carbons (Fsp3) is 0.375. The lowest BCUT2D eigenvalue weighted by Crippen LogP contribution is -2.43. The number of carboxylic acids is 1. The Bertz CT molecular complexity index is 2490. The number of nitrogens with one attached hydrogen (secondary N) is 3. The summed E-state index contributed by atoms with van der Waals surface area (Å²) in [5, 5.41) is 26.0. The molecule has 0 aliphatic carbocycles. The second kappa shape index (κ2) is 22.6. The molecule has 2 aromatic carbocycles. The number of benzene rings is 2. The summed E-state index contributed by atoms with van der Waals surface area (Å²) in [6, 6.07) is 12.9. The quantitative estimate of drug-likeness (QED) is 0.0820. The van der Waals surface area contributed by atoms with Crippen molar-refractivity contribution < 1.29 is 50.9 Å². The summed E-state index contributed by atoms with van der Waals surface area (Å²) in [7, 11) is 0. The molecule has 0 spiro atoms. The first-order chi connectivity index (χ1) is 30.6. The van der Waals surface area contributed by atoms with Gasteiger partial charge in [0.15, 0.2) is 11.3 Å².